The third kappa shape index (κ3) is 4.14. The molecule has 2 rings (SSSR count). The number of hydrogen-bond acceptors (Lipinski definition) is 4. The number of methoxy groups -OCH3 is 1. The summed E-state index contributed by atoms with van der Waals surface area (Å²) in [5.74, 6) is 0.820. The molecule has 0 bridgehead atoms. The summed E-state index contributed by atoms with van der Waals surface area (Å²) in [5.41, 5.74) is 3.40. The van der Waals surface area contributed by atoms with Gasteiger partial charge in [-0.15, -0.1) is 0 Å². The Kier molecular flexibility index (Phi) is 5.98. The number of ether oxygens (including phenoxy) is 1. The Morgan fingerprint density at radius 2 is 2.00 bits per heavy atom. The van der Waals surface area contributed by atoms with E-state index in [0.717, 1.165) is 28.3 Å². The first-order valence-electron chi connectivity index (χ1n) is 8.04. The lowest BCUT2D eigenvalue weighted by Gasteiger charge is -2.20. The van der Waals surface area contributed by atoms with Crippen LogP contribution in [0.25, 0.3) is 11.3 Å². The number of hydrogen-bond donors (Lipinski definition) is 3. The van der Waals surface area contributed by atoms with Crippen LogP contribution in [-0.4, -0.2) is 41.0 Å². The minimum absolute atomic E-state index is 0.0703. The second kappa shape index (κ2) is 7.97. The number of benzene rings is 1. The molecular formula is C18H25N3O3. The summed E-state index contributed by atoms with van der Waals surface area (Å²) in [7, 11) is 1.62. The Labute approximate surface area is 142 Å². The van der Waals surface area contributed by atoms with Crippen molar-refractivity contribution in [3.05, 3.63) is 35.5 Å². The Morgan fingerprint density at radius 1 is 1.33 bits per heavy atom. The van der Waals surface area contributed by atoms with Crippen molar-refractivity contribution in [2.75, 3.05) is 13.7 Å². The highest BCUT2D eigenvalue weighted by Crippen LogP contribution is 2.26. The van der Waals surface area contributed by atoms with Crippen molar-refractivity contribution in [3.8, 4) is 17.0 Å². The molecular weight excluding hydrogens is 306 g/mol. The molecule has 0 aliphatic heterocycles. The monoisotopic (exact) mass is 331 g/mol. The normalized spacial score (nSPS) is 12.2. The van der Waals surface area contributed by atoms with Crippen LogP contribution in [0.3, 0.4) is 0 Å². The maximum Gasteiger partial charge on any atom is 0.224 e. The van der Waals surface area contributed by atoms with Crippen LogP contribution in [0.2, 0.25) is 0 Å². The van der Waals surface area contributed by atoms with Gasteiger partial charge in [0.05, 0.1) is 31.9 Å². The lowest BCUT2D eigenvalue weighted by Crippen LogP contribution is -2.41. The van der Waals surface area contributed by atoms with E-state index in [1.165, 1.54) is 0 Å². The van der Waals surface area contributed by atoms with Crippen molar-refractivity contribution in [2.45, 2.75) is 33.2 Å². The Bertz CT molecular complexity index is 677. The average molecular weight is 331 g/mol. The molecule has 0 aliphatic carbocycles. The number of aliphatic hydroxyl groups excluding tert-OH is 1. The number of nitrogens with zero attached hydrogens (tertiary/aromatic N) is 1. The molecule has 6 heteroatoms. The summed E-state index contributed by atoms with van der Waals surface area (Å²) in [6, 6.07) is 7.32. The highest BCUT2D eigenvalue weighted by Gasteiger charge is 2.19. The quantitative estimate of drug-likeness (QED) is 0.725. The topological polar surface area (TPSA) is 87.2 Å². The van der Waals surface area contributed by atoms with Crippen LogP contribution in [0.1, 0.15) is 25.1 Å². The zero-order chi connectivity index (χ0) is 17.7. The standard InChI is InChI=1S/C18H25N3O3/c1-11(2)16(10-22)19-17(23)9-15-12(3)20-21-18(15)13-5-7-14(24-4)8-6-13/h5-8,11,16,22H,9-10H2,1-4H3,(H,19,23)(H,20,21). The zero-order valence-electron chi connectivity index (χ0n) is 14.6. The Morgan fingerprint density at radius 3 is 2.54 bits per heavy atom. The first-order chi connectivity index (χ1) is 11.5. The lowest BCUT2D eigenvalue weighted by molar-refractivity contribution is -0.121. The van der Waals surface area contributed by atoms with Gasteiger partial charge in [0, 0.05) is 16.8 Å². The fourth-order valence-corrected chi connectivity index (χ4v) is 2.50. The molecule has 0 radical (unpaired) electrons. The van der Waals surface area contributed by atoms with Gasteiger partial charge in [-0.2, -0.15) is 5.10 Å². The molecule has 3 N–H and O–H groups in total. The van der Waals surface area contributed by atoms with Gasteiger partial charge in [0.25, 0.3) is 0 Å². The smallest absolute Gasteiger partial charge is 0.224 e. The van der Waals surface area contributed by atoms with Gasteiger partial charge in [-0.25, -0.2) is 0 Å². The number of carbonyl (C=O) groups excluding carboxylic acids is 1. The lowest BCUT2D eigenvalue weighted by atomic mass is 10.0. The van der Waals surface area contributed by atoms with Gasteiger partial charge in [-0.1, -0.05) is 13.8 Å². The van der Waals surface area contributed by atoms with Crippen LogP contribution in [-0.2, 0) is 11.2 Å². The van der Waals surface area contributed by atoms with Crippen molar-refractivity contribution >= 4 is 5.91 Å². The third-order valence-corrected chi connectivity index (χ3v) is 4.12. The summed E-state index contributed by atoms with van der Waals surface area (Å²) in [5, 5.41) is 19.5. The Balaban J connectivity index is 2.18. The summed E-state index contributed by atoms with van der Waals surface area (Å²) in [6.45, 7) is 5.76. The minimum atomic E-state index is -0.242. The van der Waals surface area contributed by atoms with Crippen molar-refractivity contribution < 1.29 is 14.6 Å². The van der Waals surface area contributed by atoms with E-state index in [-0.39, 0.29) is 30.9 Å². The number of nitrogens with one attached hydrogen (secondary N) is 2. The Hall–Kier alpha value is -2.34. The van der Waals surface area contributed by atoms with E-state index < -0.39 is 0 Å². The molecule has 2 aromatic rings. The molecule has 24 heavy (non-hydrogen) atoms. The molecule has 1 unspecified atom stereocenters. The SMILES string of the molecule is COc1ccc(-c2n[nH]c(C)c2CC(=O)NC(CO)C(C)C)cc1. The van der Waals surface area contributed by atoms with E-state index in [1.54, 1.807) is 7.11 Å². The van der Waals surface area contributed by atoms with Crippen LogP contribution >= 0.6 is 0 Å². The molecule has 0 saturated heterocycles. The number of carbonyl (C=O) groups is 1. The summed E-state index contributed by atoms with van der Waals surface area (Å²) >= 11 is 0. The number of aliphatic hydroxyl groups is 1. The molecule has 0 fully saturated rings. The van der Waals surface area contributed by atoms with E-state index >= 15 is 0 Å². The van der Waals surface area contributed by atoms with Gasteiger partial charge in [0.2, 0.25) is 5.91 Å². The van der Waals surface area contributed by atoms with Crippen molar-refractivity contribution in [1.82, 2.24) is 15.5 Å². The summed E-state index contributed by atoms with van der Waals surface area (Å²) < 4.78 is 5.17. The van der Waals surface area contributed by atoms with E-state index in [2.05, 4.69) is 15.5 Å². The minimum Gasteiger partial charge on any atom is -0.497 e. The average Bonchev–Trinajstić information content (AvgIpc) is 2.93. The highest BCUT2D eigenvalue weighted by molar-refractivity contribution is 5.82. The molecule has 1 aromatic heterocycles. The molecule has 6 nitrogen and oxygen atoms in total. The molecule has 0 aliphatic rings. The first kappa shape index (κ1) is 18.0. The van der Waals surface area contributed by atoms with Gasteiger partial charge in [-0.3, -0.25) is 9.89 Å². The number of rotatable bonds is 7. The predicted octanol–water partition coefficient (Wildman–Crippen LogP) is 2.07. The van der Waals surface area contributed by atoms with E-state index in [4.69, 9.17) is 4.74 Å². The van der Waals surface area contributed by atoms with Crippen LogP contribution in [0, 0.1) is 12.8 Å². The zero-order valence-corrected chi connectivity index (χ0v) is 14.6. The number of amides is 1. The van der Waals surface area contributed by atoms with Crippen LogP contribution < -0.4 is 10.1 Å². The number of aromatic amines is 1. The summed E-state index contributed by atoms with van der Waals surface area (Å²) in [6.07, 6.45) is 0.215. The molecule has 130 valence electrons. The van der Waals surface area contributed by atoms with Gasteiger partial charge in [0.1, 0.15) is 5.75 Å². The molecule has 1 amide bonds. The molecule has 1 atom stereocenters. The van der Waals surface area contributed by atoms with Gasteiger partial charge in [0.15, 0.2) is 0 Å². The maximum atomic E-state index is 12.3. The highest BCUT2D eigenvalue weighted by atomic mass is 16.5. The van der Waals surface area contributed by atoms with Gasteiger partial charge < -0.3 is 15.2 Å². The maximum absolute atomic E-state index is 12.3. The third-order valence-electron chi connectivity index (χ3n) is 4.12. The fourth-order valence-electron chi connectivity index (χ4n) is 2.50. The van der Waals surface area contributed by atoms with Crippen molar-refractivity contribution in [1.29, 1.82) is 0 Å². The number of aromatic nitrogens is 2. The second-order valence-electron chi connectivity index (χ2n) is 6.18. The second-order valence-corrected chi connectivity index (χ2v) is 6.18. The van der Waals surface area contributed by atoms with Crippen LogP contribution in [0.5, 0.6) is 5.75 Å². The first-order valence-corrected chi connectivity index (χ1v) is 8.04. The number of aryl methyl sites for hydroxylation is 1. The van der Waals surface area contributed by atoms with Gasteiger partial charge in [-0.05, 0) is 37.1 Å². The van der Waals surface area contributed by atoms with Gasteiger partial charge >= 0.3 is 0 Å². The largest absolute Gasteiger partial charge is 0.497 e. The number of H-pyrrole nitrogens is 1. The van der Waals surface area contributed by atoms with E-state index in [1.807, 2.05) is 45.0 Å². The summed E-state index contributed by atoms with van der Waals surface area (Å²) in [4.78, 5) is 12.3. The van der Waals surface area contributed by atoms with Crippen LogP contribution in [0.4, 0.5) is 0 Å². The molecule has 1 heterocycles. The predicted molar refractivity (Wildman–Crippen MR) is 92.9 cm³/mol. The fraction of sp³-hybridized carbons (Fsp3) is 0.444. The molecule has 1 aromatic carbocycles. The van der Waals surface area contributed by atoms with Crippen molar-refractivity contribution in [3.63, 3.8) is 0 Å². The van der Waals surface area contributed by atoms with E-state index in [9.17, 15) is 9.90 Å². The van der Waals surface area contributed by atoms with Crippen LogP contribution in [0.15, 0.2) is 24.3 Å². The molecule has 0 saturated carbocycles. The van der Waals surface area contributed by atoms with E-state index in [0.29, 0.717) is 0 Å². The van der Waals surface area contributed by atoms with Crippen molar-refractivity contribution in [2.24, 2.45) is 5.92 Å². The molecule has 0 spiro atoms.